The Hall–Kier alpha value is -4.16. The topological polar surface area (TPSA) is 100 Å². The van der Waals surface area contributed by atoms with Crippen LogP contribution < -0.4 is 14.8 Å². The number of aryl methyl sites for hydroxylation is 1. The molecule has 4 aromatic rings. The maximum atomic E-state index is 13.5. The lowest BCUT2D eigenvalue weighted by Crippen LogP contribution is -2.20. The van der Waals surface area contributed by atoms with Crippen molar-refractivity contribution >= 4 is 50.2 Å². The van der Waals surface area contributed by atoms with Crippen molar-refractivity contribution < 1.29 is 18.7 Å². The minimum absolute atomic E-state index is 0.214. The number of nitrogens with one attached hydrogen (secondary N) is 2. The minimum Gasteiger partial charge on any atom is -0.490 e. The molecule has 36 heavy (non-hydrogen) atoms. The molecule has 9 heteroatoms. The van der Waals surface area contributed by atoms with Crippen molar-refractivity contribution in [3.05, 3.63) is 81.8 Å². The van der Waals surface area contributed by atoms with E-state index in [2.05, 4.69) is 37.3 Å². The summed E-state index contributed by atoms with van der Waals surface area (Å²) in [6.45, 7) is 3.96. The van der Waals surface area contributed by atoms with Crippen molar-refractivity contribution in [2.45, 2.75) is 13.8 Å². The molecule has 0 atom stereocenters. The molecule has 2 N–H and O–H groups in total. The summed E-state index contributed by atoms with van der Waals surface area (Å²) in [7, 11) is 0. The number of H-pyrrole nitrogens is 1. The first-order valence-electron chi connectivity index (χ1n) is 11.1. The number of imidazole rings is 1. The molecule has 0 saturated heterocycles. The zero-order valence-electron chi connectivity index (χ0n) is 19.6. The van der Waals surface area contributed by atoms with Gasteiger partial charge in [-0.2, -0.15) is 5.26 Å². The maximum Gasteiger partial charge on any atom is 0.262 e. The highest BCUT2D eigenvalue weighted by Crippen LogP contribution is 2.35. The summed E-state index contributed by atoms with van der Waals surface area (Å²) in [5, 5.41) is 12.5. The first-order valence-corrected chi connectivity index (χ1v) is 11.9. The summed E-state index contributed by atoms with van der Waals surface area (Å²) >= 11 is 3.50. The molecule has 4 rings (SSSR count). The van der Waals surface area contributed by atoms with Crippen molar-refractivity contribution in [3.8, 4) is 17.6 Å². The third kappa shape index (κ3) is 5.90. The van der Waals surface area contributed by atoms with Gasteiger partial charge < -0.3 is 19.8 Å². The standard InChI is InChI=1S/C27H22BrFN4O3/c1-3-35-24-11-17(10-18(14-30)27-32-22-9-6-19(29)12-23(22)33-27)21(28)13-25(24)36-15-26(34)31-20-7-4-16(2)5-8-20/h4-13H,3,15H2,1-2H3,(H,31,34)(H,32,33)/b18-10-. The number of allylic oxidation sites excluding steroid dienone is 1. The third-order valence-corrected chi connectivity index (χ3v) is 5.86. The predicted octanol–water partition coefficient (Wildman–Crippen LogP) is 6.25. The minimum atomic E-state index is -0.396. The molecular formula is C27H22BrFN4O3. The van der Waals surface area contributed by atoms with Crippen LogP contribution in [0, 0.1) is 24.1 Å². The van der Waals surface area contributed by atoms with Crippen molar-refractivity contribution in [3.63, 3.8) is 0 Å². The number of hydrogen-bond acceptors (Lipinski definition) is 5. The number of anilines is 1. The lowest BCUT2D eigenvalue weighted by Gasteiger charge is -2.14. The van der Waals surface area contributed by atoms with E-state index in [1.807, 2.05) is 38.1 Å². The Kier molecular flexibility index (Phi) is 7.66. The van der Waals surface area contributed by atoms with Gasteiger partial charge in [-0.05, 0) is 68.0 Å². The Bertz CT molecular complexity index is 1490. The van der Waals surface area contributed by atoms with Crippen LogP contribution in [0.2, 0.25) is 0 Å². The molecule has 1 aromatic heterocycles. The smallest absolute Gasteiger partial charge is 0.262 e. The molecule has 3 aromatic carbocycles. The van der Waals surface area contributed by atoms with E-state index in [1.54, 1.807) is 24.3 Å². The number of amides is 1. The number of hydrogen-bond donors (Lipinski definition) is 2. The zero-order valence-corrected chi connectivity index (χ0v) is 21.1. The van der Waals surface area contributed by atoms with E-state index in [1.165, 1.54) is 12.1 Å². The highest BCUT2D eigenvalue weighted by Gasteiger charge is 2.15. The van der Waals surface area contributed by atoms with Crippen molar-refractivity contribution in [1.82, 2.24) is 9.97 Å². The van der Waals surface area contributed by atoms with E-state index < -0.39 is 5.82 Å². The summed E-state index contributed by atoms with van der Waals surface area (Å²) < 4.78 is 25.6. The second kappa shape index (κ2) is 11.1. The lowest BCUT2D eigenvalue weighted by molar-refractivity contribution is -0.118. The van der Waals surface area contributed by atoms with Gasteiger partial charge in [0.15, 0.2) is 18.1 Å². The molecule has 0 unspecified atom stereocenters. The van der Waals surface area contributed by atoms with Crippen LogP contribution in [0.15, 0.2) is 59.1 Å². The van der Waals surface area contributed by atoms with Crippen molar-refractivity contribution in [1.29, 1.82) is 5.26 Å². The van der Waals surface area contributed by atoms with Crippen molar-refractivity contribution in [2.24, 2.45) is 0 Å². The Balaban J connectivity index is 1.56. The van der Waals surface area contributed by atoms with E-state index in [9.17, 15) is 14.4 Å². The van der Waals surface area contributed by atoms with E-state index in [-0.39, 0.29) is 18.1 Å². The van der Waals surface area contributed by atoms with Crippen molar-refractivity contribution in [2.75, 3.05) is 18.5 Å². The number of halogens is 2. The highest BCUT2D eigenvalue weighted by molar-refractivity contribution is 9.10. The monoisotopic (exact) mass is 548 g/mol. The van der Waals surface area contributed by atoms with Gasteiger partial charge in [-0.25, -0.2) is 9.37 Å². The lowest BCUT2D eigenvalue weighted by atomic mass is 10.1. The Morgan fingerprint density at radius 1 is 1.17 bits per heavy atom. The van der Waals surface area contributed by atoms with Gasteiger partial charge in [0.25, 0.3) is 5.91 Å². The van der Waals surface area contributed by atoms with Crippen LogP contribution in [0.4, 0.5) is 10.1 Å². The Labute approximate surface area is 215 Å². The summed E-state index contributed by atoms with van der Waals surface area (Å²) in [6.07, 6.45) is 1.63. The average molecular weight is 549 g/mol. The predicted molar refractivity (Wildman–Crippen MR) is 140 cm³/mol. The average Bonchev–Trinajstić information content (AvgIpc) is 3.27. The number of nitriles is 1. The quantitative estimate of drug-likeness (QED) is 0.253. The van der Waals surface area contributed by atoms with Crippen LogP contribution in [0.25, 0.3) is 22.7 Å². The number of fused-ring (bicyclic) bond motifs is 1. The van der Waals surface area contributed by atoms with Gasteiger partial charge in [0.05, 0.1) is 23.2 Å². The second-order valence-electron chi connectivity index (χ2n) is 7.87. The van der Waals surface area contributed by atoms with Gasteiger partial charge >= 0.3 is 0 Å². The molecule has 0 aliphatic rings. The molecule has 0 fully saturated rings. The second-order valence-corrected chi connectivity index (χ2v) is 8.73. The molecule has 0 aliphatic carbocycles. The van der Waals surface area contributed by atoms with Crippen LogP contribution in [0.3, 0.4) is 0 Å². The largest absolute Gasteiger partial charge is 0.490 e. The molecule has 1 heterocycles. The van der Waals surface area contributed by atoms with Crippen LogP contribution in [-0.2, 0) is 4.79 Å². The fourth-order valence-electron chi connectivity index (χ4n) is 3.44. The van der Waals surface area contributed by atoms with Gasteiger partial charge in [-0.3, -0.25) is 4.79 Å². The van der Waals surface area contributed by atoms with Crippen LogP contribution in [0.5, 0.6) is 11.5 Å². The van der Waals surface area contributed by atoms with E-state index in [4.69, 9.17) is 9.47 Å². The fourth-order valence-corrected chi connectivity index (χ4v) is 3.88. The molecule has 1 amide bonds. The maximum absolute atomic E-state index is 13.5. The summed E-state index contributed by atoms with van der Waals surface area (Å²) in [5.41, 5.74) is 3.71. The number of carbonyl (C=O) groups is 1. The van der Waals surface area contributed by atoms with E-state index in [0.29, 0.717) is 50.7 Å². The van der Waals surface area contributed by atoms with E-state index in [0.717, 1.165) is 5.56 Å². The Morgan fingerprint density at radius 2 is 1.92 bits per heavy atom. The molecule has 0 saturated carbocycles. The van der Waals surface area contributed by atoms with Crippen LogP contribution in [0.1, 0.15) is 23.9 Å². The van der Waals surface area contributed by atoms with Gasteiger partial charge in [0, 0.05) is 10.2 Å². The number of ether oxygens (including phenoxy) is 2. The first kappa shape index (κ1) is 24.9. The molecule has 0 radical (unpaired) electrons. The number of carbonyl (C=O) groups excluding carboxylic acids is 1. The van der Waals surface area contributed by atoms with Crippen LogP contribution >= 0.6 is 15.9 Å². The van der Waals surface area contributed by atoms with E-state index >= 15 is 0 Å². The van der Waals surface area contributed by atoms with Gasteiger partial charge in [-0.1, -0.05) is 33.6 Å². The fraction of sp³-hybridized carbons (Fsp3) is 0.148. The number of benzene rings is 3. The normalized spacial score (nSPS) is 11.2. The zero-order chi connectivity index (χ0) is 25.7. The third-order valence-electron chi connectivity index (χ3n) is 5.18. The summed E-state index contributed by atoms with van der Waals surface area (Å²) in [4.78, 5) is 19.7. The first-order chi connectivity index (χ1) is 17.4. The number of rotatable bonds is 8. The molecule has 7 nitrogen and oxygen atoms in total. The van der Waals surface area contributed by atoms with Gasteiger partial charge in [0.2, 0.25) is 0 Å². The highest BCUT2D eigenvalue weighted by atomic mass is 79.9. The number of aromatic nitrogens is 2. The molecule has 0 spiro atoms. The Morgan fingerprint density at radius 3 is 2.64 bits per heavy atom. The molecular weight excluding hydrogens is 527 g/mol. The summed E-state index contributed by atoms with van der Waals surface area (Å²) in [6, 6.07) is 17.2. The molecule has 0 aliphatic heterocycles. The van der Waals surface area contributed by atoms with Crippen LogP contribution in [-0.4, -0.2) is 29.1 Å². The van der Waals surface area contributed by atoms with Gasteiger partial charge in [0.1, 0.15) is 17.7 Å². The van der Waals surface area contributed by atoms with Gasteiger partial charge in [-0.15, -0.1) is 0 Å². The summed E-state index contributed by atoms with van der Waals surface area (Å²) in [5.74, 6) is 0.398. The molecule has 0 bridgehead atoms. The molecule has 182 valence electrons. The number of aromatic amines is 1. The number of nitrogens with zero attached hydrogens (tertiary/aromatic N) is 2. The SMILES string of the molecule is CCOc1cc(/C=C(/C#N)c2nc3ccc(F)cc3[nH]2)c(Br)cc1OCC(=O)Nc1ccc(C)cc1.